The Labute approximate surface area is 154 Å². The van der Waals surface area contributed by atoms with Gasteiger partial charge in [-0.15, -0.1) is 0 Å². The number of rotatable bonds is 5. The molecule has 138 valence electrons. The molecule has 0 radical (unpaired) electrons. The molecule has 1 N–H and O–H groups in total. The van der Waals surface area contributed by atoms with Crippen molar-refractivity contribution >= 4 is 5.91 Å². The molecule has 2 aliphatic heterocycles. The average Bonchev–Trinajstić information content (AvgIpc) is 3.18. The molecule has 1 aromatic heterocycles. The maximum Gasteiger partial charge on any atom is 0.251 e. The standard InChI is InChI=1S/C20H26N4O2/c25-20(16-4-2-1-3-5-16)21-10-6-18-14-23(17-8-12-26-13-9-17)15-19-7-11-22-24(18)19/h1-5,7,11,17-18H,6,8-10,12-15H2,(H,21,25)/t18-/m0/s1. The second kappa shape index (κ2) is 8.01. The third-order valence-corrected chi connectivity index (χ3v) is 5.41. The molecule has 1 saturated heterocycles. The van der Waals surface area contributed by atoms with Crippen molar-refractivity contribution in [2.45, 2.75) is 37.9 Å². The molecular weight excluding hydrogens is 328 g/mol. The van der Waals surface area contributed by atoms with Crippen LogP contribution in [0.1, 0.15) is 41.4 Å². The molecule has 0 aliphatic carbocycles. The lowest BCUT2D eigenvalue weighted by atomic mass is 10.0. The summed E-state index contributed by atoms with van der Waals surface area (Å²) < 4.78 is 7.66. The normalized spacial score (nSPS) is 21.3. The van der Waals surface area contributed by atoms with E-state index in [-0.39, 0.29) is 5.91 Å². The van der Waals surface area contributed by atoms with Crippen LogP contribution in [0.2, 0.25) is 0 Å². The number of amides is 1. The van der Waals surface area contributed by atoms with E-state index in [1.165, 1.54) is 5.69 Å². The first-order valence-corrected chi connectivity index (χ1v) is 9.48. The number of carbonyl (C=O) groups is 1. The predicted molar refractivity (Wildman–Crippen MR) is 98.9 cm³/mol. The molecule has 2 aromatic rings. The lowest BCUT2D eigenvalue weighted by molar-refractivity contribution is 0.0158. The summed E-state index contributed by atoms with van der Waals surface area (Å²) in [5.41, 5.74) is 1.97. The molecule has 1 atom stereocenters. The van der Waals surface area contributed by atoms with Crippen molar-refractivity contribution < 1.29 is 9.53 Å². The highest BCUT2D eigenvalue weighted by Gasteiger charge is 2.30. The summed E-state index contributed by atoms with van der Waals surface area (Å²) in [6.07, 6.45) is 4.97. The van der Waals surface area contributed by atoms with E-state index in [4.69, 9.17) is 4.74 Å². The van der Waals surface area contributed by atoms with Crippen LogP contribution in [0.4, 0.5) is 0 Å². The van der Waals surface area contributed by atoms with Crippen LogP contribution in [0.15, 0.2) is 42.6 Å². The minimum Gasteiger partial charge on any atom is -0.381 e. The summed E-state index contributed by atoms with van der Waals surface area (Å²) >= 11 is 0. The third kappa shape index (κ3) is 3.81. The lowest BCUT2D eigenvalue weighted by Gasteiger charge is -2.40. The smallest absolute Gasteiger partial charge is 0.251 e. The van der Waals surface area contributed by atoms with Gasteiger partial charge >= 0.3 is 0 Å². The predicted octanol–water partition coefficient (Wildman–Crippen LogP) is 2.24. The Kier molecular flexibility index (Phi) is 5.32. The van der Waals surface area contributed by atoms with Crippen LogP contribution < -0.4 is 5.32 Å². The molecule has 26 heavy (non-hydrogen) atoms. The van der Waals surface area contributed by atoms with Crippen molar-refractivity contribution in [1.82, 2.24) is 20.0 Å². The Balaban J connectivity index is 1.37. The van der Waals surface area contributed by atoms with Gasteiger partial charge in [-0.2, -0.15) is 5.10 Å². The van der Waals surface area contributed by atoms with E-state index < -0.39 is 0 Å². The maximum absolute atomic E-state index is 12.2. The zero-order valence-electron chi connectivity index (χ0n) is 15.0. The van der Waals surface area contributed by atoms with Gasteiger partial charge in [0, 0.05) is 50.7 Å². The monoisotopic (exact) mass is 354 g/mol. The fraction of sp³-hybridized carbons (Fsp3) is 0.500. The van der Waals surface area contributed by atoms with Crippen molar-refractivity contribution in [1.29, 1.82) is 0 Å². The minimum absolute atomic E-state index is 0.0108. The van der Waals surface area contributed by atoms with Gasteiger partial charge in [-0.3, -0.25) is 14.4 Å². The number of carbonyl (C=O) groups excluding carboxylic acids is 1. The number of fused-ring (bicyclic) bond motifs is 1. The first-order valence-electron chi connectivity index (χ1n) is 9.48. The SMILES string of the molecule is O=C(NCC[C@H]1CN(C2CCOCC2)Cc2ccnn21)c1ccccc1. The number of benzene rings is 1. The van der Waals surface area contributed by atoms with Crippen molar-refractivity contribution in [3.63, 3.8) is 0 Å². The van der Waals surface area contributed by atoms with Crippen LogP contribution in [0.5, 0.6) is 0 Å². The van der Waals surface area contributed by atoms with E-state index in [1.807, 2.05) is 36.5 Å². The van der Waals surface area contributed by atoms with Gasteiger partial charge in [0.25, 0.3) is 5.91 Å². The van der Waals surface area contributed by atoms with Gasteiger partial charge in [-0.05, 0) is 37.5 Å². The van der Waals surface area contributed by atoms with Gasteiger partial charge in [-0.25, -0.2) is 0 Å². The van der Waals surface area contributed by atoms with E-state index in [1.54, 1.807) is 0 Å². The quantitative estimate of drug-likeness (QED) is 0.895. The van der Waals surface area contributed by atoms with Gasteiger partial charge in [0.05, 0.1) is 11.7 Å². The second-order valence-electron chi connectivity index (χ2n) is 7.10. The largest absolute Gasteiger partial charge is 0.381 e. The molecule has 1 amide bonds. The summed E-state index contributed by atoms with van der Waals surface area (Å²) in [4.78, 5) is 14.8. The highest BCUT2D eigenvalue weighted by atomic mass is 16.5. The van der Waals surface area contributed by atoms with Gasteiger partial charge in [0.2, 0.25) is 0 Å². The van der Waals surface area contributed by atoms with Crippen LogP contribution in [0, 0.1) is 0 Å². The van der Waals surface area contributed by atoms with E-state index in [9.17, 15) is 4.79 Å². The molecule has 1 fully saturated rings. The first-order chi connectivity index (χ1) is 12.8. The molecule has 0 saturated carbocycles. The Hall–Kier alpha value is -2.18. The highest BCUT2D eigenvalue weighted by molar-refractivity contribution is 5.94. The summed E-state index contributed by atoms with van der Waals surface area (Å²) in [6, 6.07) is 12.4. The van der Waals surface area contributed by atoms with Gasteiger partial charge in [-0.1, -0.05) is 18.2 Å². The lowest BCUT2D eigenvalue weighted by Crippen LogP contribution is -2.46. The molecule has 2 aliphatic rings. The van der Waals surface area contributed by atoms with Crippen molar-refractivity contribution in [2.75, 3.05) is 26.3 Å². The van der Waals surface area contributed by atoms with Crippen molar-refractivity contribution in [3.05, 3.63) is 53.9 Å². The Morgan fingerprint density at radius 1 is 1.19 bits per heavy atom. The fourth-order valence-corrected chi connectivity index (χ4v) is 4.00. The van der Waals surface area contributed by atoms with Gasteiger partial charge < -0.3 is 10.1 Å². The Bertz CT molecular complexity index is 724. The van der Waals surface area contributed by atoms with E-state index in [2.05, 4.69) is 26.1 Å². The zero-order chi connectivity index (χ0) is 17.8. The van der Waals surface area contributed by atoms with Crippen LogP contribution in [0.25, 0.3) is 0 Å². The van der Waals surface area contributed by atoms with Crippen LogP contribution in [-0.2, 0) is 11.3 Å². The number of hydrogen-bond donors (Lipinski definition) is 1. The molecule has 1 aromatic carbocycles. The molecule has 4 rings (SSSR count). The summed E-state index contributed by atoms with van der Waals surface area (Å²) in [6.45, 7) is 4.31. The summed E-state index contributed by atoms with van der Waals surface area (Å²) in [7, 11) is 0. The minimum atomic E-state index is -0.0108. The number of nitrogens with one attached hydrogen (secondary N) is 1. The van der Waals surface area contributed by atoms with Crippen molar-refractivity contribution in [3.8, 4) is 0 Å². The summed E-state index contributed by atoms with van der Waals surface area (Å²) in [5.74, 6) is -0.0108. The molecule has 6 nitrogen and oxygen atoms in total. The summed E-state index contributed by atoms with van der Waals surface area (Å²) in [5, 5.41) is 7.57. The zero-order valence-corrected chi connectivity index (χ0v) is 15.0. The Morgan fingerprint density at radius 3 is 2.81 bits per heavy atom. The second-order valence-corrected chi connectivity index (χ2v) is 7.10. The molecule has 0 unspecified atom stereocenters. The maximum atomic E-state index is 12.2. The average molecular weight is 354 g/mol. The number of hydrogen-bond acceptors (Lipinski definition) is 4. The molecule has 0 spiro atoms. The first kappa shape index (κ1) is 17.2. The van der Waals surface area contributed by atoms with Gasteiger partial charge in [0.1, 0.15) is 0 Å². The molecule has 6 heteroatoms. The van der Waals surface area contributed by atoms with Crippen LogP contribution in [-0.4, -0.2) is 52.9 Å². The van der Waals surface area contributed by atoms with Crippen LogP contribution >= 0.6 is 0 Å². The van der Waals surface area contributed by atoms with Gasteiger partial charge in [0.15, 0.2) is 0 Å². The van der Waals surface area contributed by atoms with E-state index >= 15 is 0 Å². The van der Waals surface area contributed by atoms with E-state index in [0.29, 0.717) is 24.2 Å². The number of aromatic nitrogens is 2. The fourth-order valence-electron chi connectivity index (χ4n) is 4.00. The molecule has 3 heterocycles. The number of ether oxygens (including phenoxy) is 1. The highest BCUT2D eigenvalue weighted by Crippen LogP contribution is 2.27. The molecule has 0 bridgehead atoms. The molecular formula is C20H26N4O2. The van der Waals surface area contributed by atoms with Crippen LogP contribution in [0.3, 0.4) is 0 Å². The van der Waals surface area contributed by atoms with Crippen molar-refractivity contribution in [2.24, 2.45) is 0 Å². The van der Waals surface area contributed by atoms with E-state index in [0.717, 1.165) is 45.6 Å². The third-order valence-electron chi connectivity index (χ3n) is 5.41. The number of nitrogens with zero attached hydrogens (tertiary/aromatic N) is 3. The topological polar surface area (TPSA) is 59.4 Å². The Morgan fingerprint density at radius 2 is 2.00 bits per heavy atom.